The Labute approximate surface area is 342 Å². The third kappa shape index (κ3) is 39.3. The zero-order valence-electron chi connectivity index (χ0n) is 34.7. The van der Waals surface area contributed by atoms with Crippen molar-refractivity contribution >= 4 is 27.6 Å². The van der Waals surface area contributed by atoms with Crippen LogP contribution in [0, 0.1) is 5.92 Å². The van der Waals surface area contributed by atoms with Crippen LogP contribution in [0.1, 0.15) is 149 Å². The number of hydrogen-bond acceptors (Lipinski definition) is 11. The number of aliphatic hydroxyl groups excluding tert-OH is 2. The molecule has 332 valence electrons. The summed E-state index contributed by atoms with van der Waals surface area (Å²) in [5.74, 6) is -0.340. The lowest BCUT2D eigenvalue weighted by Crippen LogP contribution is -2.29. The fourth-order valence-corrected chi connectivity index (χ4v) is 6.41. The van der Waals surface area contributed by atoms with Gasteiger partial charge in [0.1, 0.15) is 12.7 Å². The van der Waals surface area contributed by atoms with E-state index in [2.05, 4.69) is 29.8 Å². The predicted octanol–water partition coefficient (Wildman–Crippen LogP) is 9.11. The molecule has 0 amide bonds. The van der Waals surface area contributed by atoms with Gasteiger partial charge in [0, 0.05) is 12.8 Å². The first-order valence-corrected chi connectivity index (χ1v) is 23.9. The average molecular weight is 853 g/mol. The van der Waals surface area contributed by atoms with Gasteiger partial charge in [0.2, 0.25) is 0 Å². The van der Waals surface area contributed by atoms with Crippen LogP contribution < -0.4 is 0 Å². The molecule has 2 unspecified atom stereocenters. The van der Waals surface area contributed by atoms with Crippen LogP contribution >= 0.6 is 15.6 Å². The van der Waals surface area contributed by atoms with Crippen LogP contribution in [0.5, 0.6) is 0 Å². The molecule has 5 atom stereocenters. The molecule has 0 bridgehead atoms. The Hall–Kier alpha value is -1.96. The molecule has 0 aromatic rings. The van der Waals surface area contributed by atoms with Crippen molar-refractivity contribution in [3.8, 4) is 0 Å². The van der Waals surface area contributed by atoms with E-state index in [0.717, 1.165) is 63.7 Å². The highest BCUT2D eigenvalue weighted by atomic mass is 31.2. The predicted molar refractivity (Wildman–Crippen MR) is 222 cm³/mol. The van der Waals surface area contributed by atoms with Crippen LogP contribution in [0.4, 0.5) is 0 Å². The highest BCUT2D eigenvalue weighted by molar-refractivity contribution is 7.47. The van der Waals surface area contributed by atoms with Gasteiger partial charge in [-0.2, -0.15) is 0 Å². The molecule has 0 aliphatic rings. The lowest BCUT2D eigenvalue weighted by atomic mass is 9.99. The second kappa shape index (κ2) is 35.9. The smallest absolute Gasteiger partial charge is 0.462 e. The van der Waals surface area contributed by atoms with E-state index in [-0.39, 0.29) is 12.8 Å². The molecule has 0 heterocycles. The van der Waals surface area contributed by atoms with E-state index in [4.69, 9.17) is 23.8 Å². The van der Waals surface area contributed by atoms with Crippen molar-refractivity contribution in [3.05, 3.63) is 48.6 Å². The van der Waals surface area contributed by atoms with Crippen molar-refractivity contribution in [2.24, 2.45) is 5.92 Å². The van der Waals surface area contributed by atoms with E-state index in [1.54, 1.807) is 6.08 Å². The number of ether oxygens (including phenoxy) is 2. The fraction of sp³-hybridized carbons (Fsp3) is 0.756. The van der Waals surface area contributed by atoms with Gasteiger partial charge in [0.05, 0.1) is 25.9 Å². The Kier molecular flexibility index (Phi) is 34.7. The van der Waals surface area contributed by atoms with Crippen LogP contribution in [-0.2, 0) is 41.8 Å². The van der Waals surface area contributed by atoms with Crippen molar-refractivity contribution in [1.29, 1.82) is 0 Å². The van der Waals surface area contributed by atoms with E-state index in [1.165, 1.54) is 38.5 Å². The molecule has 16 heteroatoms. The molecule has 0 saturated heterocycles. The van der Waals surface area contributed by atoms with Crippen molar-refractivity contribution in [1.82, 2.24) is 0 Å². The molecule has 0 spiro atoms. The number of carbonyl (C=O) groups excluding carboxylic acids is 2. The minimum atomic E-state index is -4.87. The van der Waals surface area contributed by atoms with Gasteiger partial charge in [0.25, 0.3) is 0 Å². The summed E-state index contributed by atoms with van der Waals surface area (Å²) in [6.07, 6.45) is 30.2. The Bertz CT molecular complexity index is 1230. The molecule has 0 aliphatic carbocycles. The Morgan fingerprint density at radius 1 is 0.632 bits per heavy atom. The maximum Gasteiger partial charge on any atom is 0.472 e. The van der Waals surface area contributed by atoms with Crippen molar-refractivity contribution in [2.45, 2.75) is 167 Å². The number of rotatable bonds is 38. The van der Waals surface area contributed by atoms with Crippen molar-refractivity contribution in [3.63, 3.8) is 0 Å². The third-order valence-electron chi connectivity index (χ3n) is 8.86. The number of aliphatic hydroxyl groups is 2. The molecule has 0 aromatic heterocycles. The molecule has 0 fully saturated rings. The van der Waals surface area contributed by atoms with Gasteiger partial charge >= 0.3 is 27.6 Å². The normalized spacial score (nSPS) is 15.7. The van der Waals surface area contributed by atoms with E-state index in [0.29, 0.717) is 19.3 Å². The molecule has 0 aromatic carbocycles. The second-order valence-electron chi connectivity index (χ2n) is 14.4. The summed E-state index contributed by atoms with van der Waals surface area (Å²) in [6, 6.07) is 0. The minimum absolute atomic E-state index is 0.0349. The summed E-state index contributed by atoms with van der Waals surface area (Å²) < 4.78 is 47.6. The maximum absolute atomic E-state index is 12.6. The zero-order valence-corrected chi connectivity index (χ0v) is 36.5. The van der Waals surface area contributed by atoms with E-state index in [9.17, 15) is 33.8 Å². The zero-order chi connectivity index (χ0) is 42.6. The first-order valence-electron chi connectivity index (χ1n) is 20.8. The molecule has 0 aliphatic heterocycles. The summed E-state index contributed by atoms with van der Waals surface area (Å²) in [5, 5.41) is 19.6. The molecule has 0 saturated carbocycles. The van der Waals surface area contributed by atoms with Gasteiger partial charge in [-0.25, -0.2) is 9.13 Å². The van der Waals surface area contributed by atoms with Crippen LogP contribution in [0.3, 0.4) is 0 Å². The van der Waals surface area contributed by atoms with Gasteiger partial charge in [-0.3, -0.25) is 23.2 Å². The Morgan fingerprint density at radius 3 is 1.88 bits per heavy atom. The van der Waals surface area contributed by atoms with Crippen LogP contribution in [0.25, 0.3) is 0 Å². The monoisotopic (exact) mass is 852 g/mol. The van der Waals surface area contributed by atoms with E-state index < -0.39 is 72.3 Å². The van der Waals surface area contributed by atoms with Gasteiger partial charge in [-0.15, -0.1) is 0 Å². The van der Waals surface area contributed by atoms with Crippen molar-refractivity contribution < 1.29 is 66.7 Å². The summed E-state index contributed by atoms with van der Waals surface area (Å²) in [7, 11) is -9.70. The molecule has 0 radical (unpaired) electrons. The quantitative estimate of drug-likeness (QED) is 0.0129. The van der Waals surface area contributed by atoms with Crippen molar-refractivity contribution in [2.75, 3.05) is 26.4 Å². The van der Waals surface area contributed by atoms with Gasteiger partial charge in [-0.05, 0) is 44.4 Å². The number of unbranched alkanes of at least 4 members (excludes halogenated alkanes) is 10. The van der Waals surface area contributed by atoms with Gasteiger partial charge < -0.3 is 34.4 Å². The van der Waals surface area contributed by atoms with Crippen LogP contribution in [0.2, 0.25) is 0 Å². The Morgan fingerprint density at radius 2 is 1.21 bits per heavy atom. The van der Waals surface area contributed by atoms with Gasteiger partial charge in [0.15, 0.2) is 6.10 Å². The SMILES string of the molecule is CCCCC[C@H](O)/C=C/C=C\C/C=C\C/C=C\CCCC(=O)O[C@H](COC(=O)CCCCCCCCCCC(C)CC)COP(=O)(O)OC[C@@H](O)COP(=O)(O)O. The molecular formula is C41H74O14P2. The highest BCUT2D eigenvalue weighted by Gasteiger charge is 2.28. The number of carbonyl (C=O) groups is 2. The maximum atomic E-state index is 12.6. The van der Waals surface area contributed by atoms with Crippen LogP contribution in [-0.4, -0.2) is 81.6 Å². The molecular weight excluding hydrogens is 778 g/mol. The lowest BCUT2D eigenvalue weighted by Gasteiger charge is -2.20. The number of esters is 2. The summed E-state index contributed by atoms with van der Waals surface area (Å²) in [4.78, 5) is 52.5. The number of hydrogen-bond donors (Lipinski definition) is 5. The highest BCUT2D eigenvalue weighted by Crippen LogP contribution is 2.43. The van der Waals surface area contributed by atoms with E-state index >= 15 is 0 Å². The number of phosphoric ester groups is 2. The third-order valence-corrected chi connectivity index (χ3v) is 10.3. The molecule has 0 rings (SSSR count). The fourth-order valence-electron chi connectivity index (χ4n) is 5.25. The lowest BCUT2D eigenvalue weighted by molar-refractivity contribution is -0.161. The summed E-state index contributed by atoms with van der Waals surface area (Å²) in [5.41, 5.74) is 0. The van der Waals surface area contributed by atoms with Gasteiger partial charge in [-0.1, -0.05) is 146 Å². The molecule has 14 nitrogen and oxygen atoms in total. The largest absolute Gasteiger partial charge is 0.472 e. The average Bonchev–Trinajstić information content (AvgIpc) is 3.16. The van der Waals surface area contributed by atoms with Crippen LogP contribution in [0.15, 0.2) is 48.6 Å². The topological polar surface area (TPSA) is 216 Å². The van der Waals surface area contributed by atoms with E-state index in [1.807, 2.05) is 42.5 Å². The molecule has 57 heavy (non-hydrogen) atoms. The Balaban J connectivity index is 4.70. The summed E-state index contributed by atoms with van der Waals surface area (Å²) in [6.45, 7) is 3.84. The first-order chi connectivity index (χ1) is 27.2. The number of phosphoric acid groups is 2. The molecule has 5 N–H and O–H groups in total. The standard InChI is InChI=1S/C41H74O14P2/c1-4-6-22-28-37(42)29-24-19-15-10-8-7-9-11-17-21-26-31-41(45)55-39(35-54-57(49,50)53-33-38(43)32-52-56(46,47)48)34-51-40(44)30-25-20-16-13-12-14-18-23-27-36(3)5-2/h7-8,11,15,17,19,24,29,36-39,42-43H,4-6,9-10,12-14,16,18,20-23,25-28,30-35H2,1-3H3,(H,49,50)(H2,46,47,48)/b8-7-,17-11-,19-15-,29-24+/t36?,37-,38-,39+/m0/s1. The second-order valence-corrected chi connectivity index (χ2v) is 17.1. The first kappa shape index (κ1) is 55.0. The number of allylic oxidation sites excluding steroid dienone is 7. The minimum Gasteiger partial charge on any atom is -0.462 e. The summed E-state index contributed by atoms with van der Waals surface area (Å²) >= 11 is 0.